The Morgan fingerprint density at radius 2 is 1.30 bits per heavy atom. The molecule has 0 aliphatic carbocycles. The zero-order valence-electron chi connectivity index (χ0n) is 13.5. The van der Waals surface area contributed by atoms with Gasteiger partial charge in [0.05, 0.1) is 0 Å². The Morgan fingerprint density at radius 3 is 1.90 bits per heavy atom. The topological polar surface area (TPSA) is 0 Å². The van der Waals surface area contributed by atoms with Gasteiger partial charge >= 0.3 is 0 Å². The molecule has 20 heavy (non-hydrogen) atoms. The van der Waals surface area contributed by atoms with Gasteiger partial charge in [0.15, 0.2) is 0 Å². The lowest BCUT2D eigenvalue weighted by molar-refractivity contribution is 0.575. The third-order valence-electron chi connectivity index (χ3n) is 3.93. The predicted octanol–water partition coefficient (Wildman–Crippen LogP) is 6.49. The van der Waals surface area contributed by atoms with Crippen molar-refractivity contribution < 1.29 is 0 Å². The minimum Gasteiger partial charge on any atom is -0.0913 e. The van der Waals surface area contributed by atoms with E-state index in [1.807, 2.05) is 0 Å². The zero-order valence-corrected chi connectivity index (χ0v) is 13.5. The first-order valence-electron chi connectivity index (χ1n) is 8.55. The van der Waals surface area contributed by atoms with E-state index in [1.165, 1.54) is 68.9 Å². The second kappa shape index (κ2) is 11.8. The molecule has 1 aromatic carbocycles. The molecule has 0 radical (unpaired) electrons. The monoisotopic (exact) mass is 272 g/mol. The van der Waals surface area contributed by atoms with Gasteiger partial charge in [-0.15, -0.1) is 0 Å². The second-order valence-electron chi connectivity index (χ2n) is 5.81. The van der Waals surface area contributed by atoms with Gasteiger partial charge in [-0.2, -0.15) is 0 Å². The van der Waals surface area contributed by atoms with Gasteiger partial charge in [-0.05, 0) is 37.3 Å². The summed E-state index contributed by atoms with van der Waals surface area (Å²) in [6, 6.07) is 9.17. The average Bonchev–Trinajstić information content (AvgIpc) is 2.49. The number of rotatable bonds is 11. The third-order valence-corrected chi connectivity index (χ3v) is 3.93. The molecule has 0 N–H and O–H groups in total. The average molecular weight is 272 g/mol. The van der Waals surface area contributed by atoms with Crippen LogP contribution in [-0.2, 0) is 12.8 Å². The van der Waals surface area contributed by atoms with Crippen molar-refractivity contribution in [2.75, 3.05) is 0 Å². The molecule has 0 bridgehead atoms. The number of benzene rings is 1. The third kappa shape index (κ3) is 8.19. The molecule has 0 spiro atoms. The number of allylic oxidation sites excluding steroid dienone is 2. The number of unbranched alkanes of at least 4 members (excludes halogenated alkanes) is 7. The van der Waals surface area contributed by atoms with Crippen LogP contribution in [0.3, 0.4) is 0 Å². The van der Waals surface area contributed by atoms with Crippen LogP contribution in [0.25, 0.3) is 0 Å². The van der Waals surface area contributed by atoms with Crippen LogP contribution in [0.1, 0.15) is 76.3 Å². The highest BCUT2D eigenvalue weighted by Gasteiger charge is 1.95. The van der Waals surface area contributed by atoms with Crippen molar-refractivity contribution in [2.45, 2.75) is 78.1 Å². The highest BCUT2D eigenvalue weighted by atomic mass is 14.0. The van der Waals surface area contributed by atoms with E-state index in [0.717, 1.165) is 6.42 Å². The van der Waals surface area contributed by atoms with Crippen molar-refractivity contribution in [3.63, 3.8) is 0 Å². The first kappa shape index (κ1) is 17.0. The van der Waals surface area contributed by atoms with Crippen LogP contribution in [0.2, 0.25) is 0 Å². The molecule has 0 saturated carbocycles. The molecule has 0 nitrogen and oxygen atoms in total. The first-order valence-corrected chi connectivity index (χ1v) is 8.55. The van der Waals surface area contributed by atoms with Crippen LogP contribution in [0.4, 0.5) is 0 Å². The summed E-state index contributed by atoms with van der Waals surface area (Å²) >= 11 is 0. The Bertz CT molecular complexity index is 345. The van der Waals surface area contributed by atoms with E-state index in [-0.39, 0.29) is 0 Å². The number of aryl methyl sites for hydroxylation is 1. The molecule has 0 fully saturated rings. The fraction of sp³-hybridized carbons (Fsp3) is 0.600. The SMILES string of the molecule is CC=CCc1ccc(CCCCCCCCCC)cc1. The quantitative estimate of drug-likeness (QED) is 0.319. The molecule has 0 amide bonds. The molecule has 1 rings (SSSR count). The second-order valence-corrected chi connectivity index (χ2v) is 5.81. The Morgan fingerprint density at radius 1 is 0.750 bits per heavy atom. The maximum absolute atomic E-state index is 2.31. The fourth-order valence-corrected chi connectivity index (χ4v) is 2.56. The van der Waals surface area contributed by atoms with Crippen LogP contribution < -0.4 is 0 Å². The van der Waals surface area contributed by atoms with Gasteiger partial charge in [-0.1, -0.05) is 88.3 Å². The molecule has 112 valence electrons. The maximum Gasteiger partial charge on any atom is -0.00976 e. The summed E-state index contributed by atoms with van der Waals surface area (Å²) in [4.78, 5) is 0. The molecular formula is C20H32. The Hall–Kier alpha value is -1.04. The zero-order chi connectivity index (χ0) is 14.5. The fourth-order valence-electron chi connectivity index (χ4n) is 2.56. The van der Waals surface area contributed by atoms with E-state index in [2.05, 4.69) is 50.3 Å². The van der Waals surface area contributed by atoms with E-state index in [4.69, 9.17) is 0 Å². The lowest BCUT2D eigenvalue weighted by atomic mass is 10.0. The van der Waals surface area contributed by atoms with Crippen molar-refractivity contribution in [2.24, 2.45) is 0 Å². The predicted molar refractivity (Wildman–Crippen MR) is 91.3 cm³/mol. The summed E-state index contributed by atoms with van der Waals surface area (Å²) in [5.74, 6) is 0. The summed E-state index contributed by atoms with van der Waals surface area (Å²) < 4.78 is 0. The van der Waals surface area contributed by atoms with Gasteiger partial charge in [-0.3, -0.25) is 0 Å². The molecule has 0 heteroatoms. The van der Waals surface area contributed by atoms with Crippen LogP contribution in [0.5, 0.6) is 0 Å². The van der Waals surface area contributed by atoms with Crippen molar-refractivity contribution in [1.82, 2.24) is 0 Å². The van der Waals surface area contributed by atoms with Gasteiger partial charge in [-0.25, -0.2) is 0 Å². The number of hydrogen-bond donors (Lipinski definition) is 0. The molecule has 0 atom stereocenters. The minimum atomic E-state index is 1.06. The van der Waals surface area contributed by atoms with E-state index in [9.17, 15) is 0 Å². The highest BCUT2D eigenvalue weighted by molar-refractivity contribution is 5.24. The summed E-state index contributed by atoms with van der Waals surface area (Å²) in [5.41, 5.74) is 2.92. The smallest absolute Gasteiger partial charge is 0.00976 e. The Balaban J connectivity index is 2.07. The maximum atomic E-state index is 2.31. The van der Waals surface area contributed by atoms with Crippen LogP contribution in [-0.4, -0.2) is 0 Å². The largest absolute Gasteiger partial charge is 0.0913 e. The van der Waals surface area contributed by atoms with Gasteiger partial charge in [0.2, 0.25) is 0 Å². The minimum absolute atomic E-state index is 1.06. The normalized spacial score (nSPS) is 11.3. The summed E-state index contributed by atoms with van der Waals surface area (Å²) in [7, 11) is 0. The number of hydrogen-bond acceptors (Lipinski definition) is 0. The van der Waals surface area contributed by atoms with Gasteiger partial charge in [0, 0.05) is 0 Å². The molecule has 0 saturated heterocycles. The Kier molecular flexibility index (Phi) is 10.0. The van der Waals surface area contributed by atoms with Crippen LogP contribution >= 0.6 is 0 Å². The Labute approximate surface area is 126 Å². The summed E-state index contributed by atoms with van der Waals surface area (Å²) in [5, 5.41) is 0. The van der Waals surface area contributed by atoms with Gasteiger partial charge in [0.25, 0.3) is 0 Å². The summed E-state index contributed by atoms with van der Waals surface area (Å²) in [6.45, 7) is 4.36. The van der Waals surface area contributed by atoms with Crippen LogP contribution in [0.15, 0.2) is 36.4 Å². The van der Waals surface area contributed by atoms with E-state index >= 15 is 0 Å². The molecule has 0 heterocycles. The molecule has 0 aliphatic rings. The molecular weight excluding hydrogens is 240 g/mol. The summed E-state index contributed by atoms with van der Waals surface area (Å²) in [6.07, 6.45) is 17.9. The lowest BCUT2D eigenvalue weighted by Gasteiger charge is -2.04. The molecule has 0 unspecified atom stereocenters. The highest BCUT2D eigenvalue weighted by Crippen LogP contribution is 2.12. The van der Waals surface area contributed by atoms with Gasteiger partial charge in [0.1, 0.15) is 0 Å². The van der Waals surface area contributed by atoms with E-state index < -0.39 is 0 Å². The molecule has 0 aliphatic heterocycles. The van der Waals surface area contributed by atoms with E-state index in [1.54, 1.807) is 0 Å². The molecule has 1 aromatic rings. The van der Waals surface area contributed by atoms with Crippen molar-refractivity contribution in [3.8, 4) is 0 Å². The van der Waals surface area contributed by atoms with Crippen molar-refractivity contribution in [1.29, 1.82) is 0 Å². The van der Waals surface area contributed by atoms with Crippen LogP contribution in [0, 0.1) is 0 Å². The van der Waals surface area contributed by atoms with Crippen molar-refractivity contribution >= 4 is 0 Å². The van der Waals surface area contributed by atoms with Crippen molar-refractivity contribution in [3.05, 3.63) is 47.5 Å². The first-order chi connectivity index (χ1) is 9.86. The lowest BCUT2D eigenvalue weighted by Crippen LogP contribution is -1.88. The van der Waals surface area contributed by atoms with Gasteiger partial charge < -0.3 is 0 Å². The molecule has 0 aromatic heterocycles. The van der Waals surface area contributed by atoms with E-state index in [0.29, 0.717) is 0 Å². The standard InChI is InChI=1S/C20H32/c1-3-5-7-8-9-10-11-12-14-20-17-15-19(16-18-20)13-6-4-2/h4,6,15-18H,3,5,7-14H2,1-2H3.